The Morgan fingerprint density at radius 1 is 0.905 bits per heavy atom. The summed E-state index contributed by atoms with van der Waals surface area (Å²) in [6.07, 6.45) is 1.99. The van der Waals surface area contributed by atoms with E-state index in [2.05, 4.69) is 34.5 Å². The zero-order chi connectivity index (χ0) is 14.5. The minimum absolute atomic E-state index is 0.0359. The van der Waals surface area contributed by atoms with Crippen LogP contribution in [0.4, 0.5) is 5.69 Å². The van der Waals surface area contributed by atoms with Gasteiger partial charge in [0.1, 0.15) is 0 Å². The molecule has 1 N–H and O–H groups in total. The normalized spacial score (nSPS) is 15.7. The van der Waals surface area contributed by atoms with Gasteiger partial charge in [-0.2, -0.15) is 0 Å². The van der Waals surface area contributed by atoms with Crippen molar-refractivity contribution in [3.63, 3.8) is 0 Å². The van der Waals surface area contributed by atoms with Crippen LogP contribution in [0.2, 0.25) is 0 Å². The first-order chi connectivity index (χ1) is 10.3. The molecule has 1 saturated heterocycles. The summed E-state index contributed by atoms with van der Waals surface area (Å²) in [5.74, 6) is 0.0359. The predicted molar refractivity (Wildman–Crippen MR) is 85.6 cm³/mol. The van der Waals surface area contributed by atoms with Gasteiger partial charge >= 0.3 is 0 Å². The van der Waals surface area contributed by atoms with Gasteiger partial charge in [-0.05, 0) is 37.1 Å². The van der Waals surface area contributed by atoms with Crippen LogP contribution in [0, 0.1) is 0 Å². The van der Waals surface area contributed by atoms with E-state index >= 15 is 0 Å². The van der Waals surface area contributed by atoms with Crippen molar-refractivity contribution < 1.29 is 4.79 Å². The van der Waals surface area contributed by atoms with Gasteiger partial charge in [0, 0.05) is 30.4 Å². The Morgan fingerprint density at radius 2 is 1.48 bits per heavy atom. The summed E-state index contributed by atoms with van der Waals surface area (Å²) in [4.78, 5) is 14.5. The topological polar surface area (TPSA) is 32.3 Å². The van der Waals surface area contributed by atoms with E-state index in [0.717, 1.165) is 31.5 Å². The van der Waals surface area contributed by atoms with Gasteiger partial charge < -0.3 is 10.2 Å². The Hall–Kier alpha value is -2.29. The number of hydrogen-bond donors (Lipinski definition) is 1. The molecule has 1 aliphatic heterocycles. The molecule has 0 bridgehead atoms. The number of anilines is 1. The largest absolute Gasteiger partial charge is 0.371 e. The van der Waals surface area contributed by atoms with Gasteiger partial charge in [-0.15, -0.1) is 0 Å². The fourth-order valence-electron chi connectivity index (χ4n) is 2.78. The summed E-state index contributed by atoms with van der Waals surface area (Å²) >= 11 is 0. The predicted octanol–water partition coefficient (Wildman–Crippen LogP) is 3.09. The Balaban J connectivity index is 1.53. The van der Waals surface area contributed by atoms with Gasteiger partial charge in [0.25, 0.3) is 5.91 Å². The average Bonchev–Trinajstić information content (AvgIpc) is 2.57. The SMILES string of the molecule is O=C(NC1CCN(c2ccccc2)CC1)c1ccccc1. The standard InChI is InChI=1S/C18H20N2O/c21-18(15-7-3-1-4-8-15)19-16-11-13-20(14-12-16)17-9-5-2-6-10-17/h1-10,16H,11-14H2,(H,19,21). The van der Waals surface area contributed by atoms with Crippen LogP contribution in [0.15, 0.2) is 60.7 Å². The average molecular weight is 280 g/mol. The van der Waals surface area contributed by atoms with Crippen molar-refractivity contribution in [3.8, 4) is 0 Å². The molecule has 0 aliphatic carbocycles. The van der Waals surface area contributed by atoms with Gasteiger partial charge in [-0.3, -0.25) is 4.79 Å². The van der Waals surface area contributed by atoms with Crippen LogP contribution in [0.5, 0.6) is 0 Å². The summed E-state index contributed by atoms with van der Waals surface area (Å²) in [5.41, 5.74) is 2.01. The van der Waals surface area contributed by atoms with Gasteiger partial charge in [0.15, 0.2) is 0 Å². The number of rotatable bonds is 3. The van der Waals surface area contributed by atoms with Crippen molar-refractivity contribution in [2.24, 2.45) is 0 Å². The number of hydrogen-bond acceptors (Lipinski definition) is 2. The van der Waals surface area contributed by atoms with E-state index < -0.39 is 0 Å². The van der Waals surface area contributed by atoms with E-state index in [9.17, 15) is 4.79 Å². The minimum atomic E-state index is 0.0359. The maximum absolute atomic E-state index is 12.1. The van der Waals surface area contributed by atoms with Crippen molar-refractivity contribution in [2.75, 3.05) is 18.0 Å². The van der Waals surface area contributed by atoms with Gasteiger partial charge in [0.2, 0.25) is 0 Å². The molecule has 0 unspecified atom stereocenters. The molecule has 21 heavy (non-hydrogen) atoms. The Labute approximate surface area is 125 Å². The van der Waals surface area contributed by atoms with Crippen LogP contribution in [0.3, 0.4) is 0 Å². The number of nitrogens with one attached hydrogen (secondary N) is 1. The molecule has 1 amide bonds. The Morgan fingerprint density at radius 3 is 2.10 bits per heavy atom. The molecule has 1 aliphatic rings. The Bertz CT molecular complexity index is 575. The quantitative estimate of drug-likeness (QED) is 0.937. The highest BCUT2D eigenvalue weighted by Gasteiger charge is 2.21. The zero-order valence-corrected chi connectivity index (χ0v) is 12.0. The molecule has 0 aromatic heterocycles. The lowest BCUT2D eigenvalue weighted by Gasteiger charge is -2.34. The molecule has 0 radical (unpaired) electrons. The third kappa shape index (κ3) is 3.43. The second-order valence-corrected chi connectivity index (χ2v) is 5.44. The number of amides is 1. The molecule has 2 aromatic rings. The lowest BCUT2D eigenvalue weighted by Crippen LogP contribution is -2.44. The van der Waals surface area contributed by atoms with Crippen molar-refractivity contribution in [1.29, 1.82) is 0 Å². The van der Waals surface area contributed by atoms with E-state index in [1.807, 2.05) is 36.4 Å². The number of nitrogens with zero attached hydrogens (tertiary/aromatic N) is 1. The van der Waals surface area contributed by atoms with E-state index in [4.69, 9.17) is 0 Å². The maximum atomic E-state index is 12.1. The van der Waals surface area contributed by atoms with Crippen molar-refractivity contribution in [2.45, 2.75) is 18.9 Å². The summed E-state index contributed by atoms with van der Waals surface area (Å²) in [6, 6.07) is 20.2. The van der Waals surface area contributed by atoms with Crippen LogP contribution < -0.4 is 10.2 Å². The van der Waals surface area contributed by atoms with Crippen LogP contribution in [-0.2, 0) is 0 Å². The highest BCUT2D eigenvalue weighted by atomic mass is 16.1. The number of piperidine rings is 1. The number of carbonyl (C=O) groups excluding carboxylic acids is 1. The first-order valence-electron chi connectivity index (χ1n) is 7.49. The first kappa shape index (κ1) is 13.7. The van der Waals surface area contributed by atoms with Crippen LogP contribution >= 0.6 is 0 Å². The number of para-hydroxylation sites is 1. The van der Waals surface area contributed by atoms with Crippen LogP contribution in [-0.4, -0.2) is 25.0 Å². The molecule has 3 nitrogen and oxygen atoms in total. The van der Waals surface area contributed by atoms with Crippen LogP contribution in [0.25, 0.3) is 0 Å². The number of carbonyl (C=O) groups is 1. The van der Waals surface area contributed by atoms with Crippen LogP contribution in [0.1, 0.15) is 23.2 Å². The highest BCUT2D eigenvalue weighted by Crippen LogP contribution is 2.19. The monoisotopic (exact) mass is 280 g/mol. The molecule has 0 spiro atoms. The second-order valence-electron chi connectivity index (χ2n) is 5.44. The van der Waals surface area contributed by atoms with Crippen molar-refractivity contribution in [1.82, 2.24) is 5.32 Å². The van der Waals surface area contributed by atoms with E-state index in [0.29, 0.717) is 0 Å². The Kier molecular flexibility index (Phi) is 4.20. The third-order valence-corrected chi connectivity index (χ3v) is 3.99. The first-order valence-corrected chi connectivity index (χ1v) is 7.49. The summed E-state index contributed by atoms with van der Waals surface area (Å²) in [7, 11) is 0. The van der Waals surface area contributed by atoms with Gasteiger partial charge in [-0.1, -0.05) is 36.4 Å². The lowest BCUT2D eigenvalue weighted by atomic mass is 10.0. The van der Waals surface area contributed by atoms with Gasteiger partial charge in [-0.25, -0.2) is 0 Å². The summed E-state index contributed by atoms with van der Waals surface area (Å²) < 4.78 is 0. The fraction of sp³-hybridized carbons (Fsp3) is 0.278. The van der Waals surface area contributed by atoms with E-state index in [1.54, 1.807) is 0 Å². The lowest BCUT2D eigenvalue weighted by molar-refractivity contribution is 0.0931. The van der Waals surface area contributed by atoms with Gasteiger partial charge in [0.05, 0.1) is 0 Å². The number of benzene rings is 2. The fourth-order valence-corrected chi connectivity index (χ4v) is 2.78. The second kappa shape index (κ2) is 6.44. The molecule has 108 valence electrons. The summed E-state index contributed by atoms with van der Waals surface area (Å²) in [5, 5.41) is 3.14. The smallest absolute Gasteiger partial charge is 0.251 e. The van der Waals surface area contributed by atoms with E-state index in [-0.39, 0.29) is 11.9 Å². The van der Waals surface area contributed by atoms with Crippen molar-refractivity contribution in [3.05, 3.63) is 66.2 Å². The highest BCUT2D eigenvalue weighted by molar-refractivity contribution is 5.94. The maximum Gasteiger partial charge on any atom is 0.251 e. The minimum Gasteiger partial charge on any atom is -0.371 e. The molecular formula is C18H20N2O. The molecule has 2 aromatic carbocycles. The van der Waals surface area contributed by atoms with Crippen molar-refractivity contribution >= 4 is 11.6 Å². The molecule has 1 heterocycles. The molecule has 3 rings (SSSR count). The molecule has 3 heteroatoms. The zero-order valence-electron chi connectivity index (χ0n) is 12.0. The molecule has 0 saturated carbocycles. The summed E-state index contributed by atoms with van der Waals surface area (Å²) in [6.45, 7) is 1.98. The molecule has 0 atom stereocenters. The molecular weight excluding hydrogens is 260 g/mol. The third-order valence-electron chi connectivity index (χ3n) is 3.99. The van der Waals surface area contributed by atoms with E-state index in [1.165, 1.54) is 5.69 Å². The molecule has 1 fully saturated rings.